The molecule has 0 unspecified atom stereocenters. The number of aryl methyl sites for hydroxylation is 1. The Morgan fingerprint density at radius 3 is 2.67 bits per heavy atom. The number of nitrogens with zero attached hydrogens (tertiary/aromatic N) is 3. The van der Waals surface area contributed by atoms with E-state index in [0.29, 0.717) is 17.1 Å². The molecular formula is C22H18F3N5O2S. The number of pyridine rings is 1. The molecule has 4 aromatic rings. The van der Waals surface area contributed by atoms with Crippen LogP contribution in [0, 0.1) is 12.7 Å². The number of amides is 1. The van der Waals surface area contributed by atoms with Gasteiger partial charge in [0.2, 0.25) is 5.88 Å². The van der Waals surface area contributed by atoms with Crippen LogP contribution in [0.15, 0.2) is 48.8 Å². The third kappa shape index (κ3) is 5.37. The number of thiophene rings is 1. The van der Waals surface area contributed by atoms with Crippen molar-refractivity contribution in [2.75, 3.05) is 10.6 Å². The Bertz CT molecular complexity index is 1300. The lowest BCUT2D eigenvalue weighted by Gasteiger charge is -2.17. The number of benzene rings is 1. The summed E-state index contributed by atoms with van der Waals surface area (Å²) in [6.07, 6.45) is 2.70. The van der Waals surface area contributed by atoms with Crippen molar-refractivity contribution in [3.63, 3.8) is 0 Å². The number of rotatable bonds is 7. The molecule has 1 amide bonds. The summed E-state index contributed by atoms with van der Waals surface area (Å²) in [4.78, 5) is 26.9. The highest BCUT2D eigenvalue weighted by Crippen LogP contribution is 2.27. The monoisotopic (exact) mass is 473 g/mol. The van der Waals surface area contributed by atoms with Crippen LogP contribution in [0.1, 0.15) is 33.8 Å². The van der Waals surface area contributed by atoms with Gasteiger partial charge >= 0.3 is 6.61 Å². The van der Waals surface area contributed by atoms with Crippen LogP contribution in [-0.2, 0) is 0 Å². The molecule has 0 aliphatic carbocycles. The van der Waals surface area contributed by atoms with Gasteiger partial charge in [-0.15, -0.1) is 11.3 Å². The van der Waals surface area contributed by atoms with E-state index in [1.54, 1.807) is 13.1 Å². The first-order valence-electron chi connectivity index (χ1n) is 9.80. The Hall–Kier alpha value is -3.73. The highest BCUT2D eigenvalue weighted by atomic mass is 32.1. The van der Waals surface area contributed by atoms with Gasteiger partial charge in [-0.05, 0) is 44.2 Å². The van der Waals surface area contributed by atoms with Crippen molar-refractivity contribution >= 4 is 39.1 Å². The van der Waals surface area contributed by atoms with E-state index < -0.39 is 24.4 Å². The second kappa shape index (κ2) is 9.41. The first-order valence-corrected chi connectivity index (χ1v) is 10.6. The van der Waals surface area contributed by atoms with Crippen LogP contribution in [0.2, 0.25) is 0 Å². The fourth-order valence-electron chi connectivity index (χ4n) is 3.13. The van der Waals surface area contributed by atoms with Crippen LogP contribution < -0.4 is 15.4 Å². The Morgan fingerprint density at radius 2 is 1.94 bits per heavy atom. The molecule has 7 nitrogen and oxygen atoms in total. The minimum Gasteiger partial charge on any atom is -0.417 e. The lowest BCUT2D eigenvalue weighted by atomic mass is 10.1. The SMILES string of the molecule is Cc1cc2ncc(N[C@@H](C)c3cc(NC(=O)c4ccc(OC(F)F)nc4)ccc3F)nc2s1. The van der Waals surface area contributed by atoms with Crippen molar-refractivity contribution in [3.05, 3.63) is 70.6 Å². The quantitative estimate of drug-likeness (QED) is 0.365. The Morgan fingerprint density at radius 1 is 1.12 bits per heavy atom. The minimum absolute atomic E-state index is 0.128. The van der Waals surface area contributed by atoms with Gasteiger partial charge in [-0.3, -0.25) is 4.79 Å². The van der Waals surface area contributed by atoms with Gasteiger partial charge in [0.15, 0.2) is 0 Å². The highest BCUT2D eigenvalue weighted by Gasteiger charge is 2.15. The van der Waals surface area contributed by atoms with Crippen molar-refractivity contribution in [2.45, 2.75) is 26.5 Å². The van der Waals surface area contributed by atoms with Crippen LogP contribution in [0.4, 0.5) is 24.7 Å². The summed E-state index contributed by atoms with van der Waals surface area (Å²) in [5.41, 5.74) is 1.60. The summed E-state index contributed by atoms with van der Waals surface area (Å²) in [6, 6.07) is 8.12. The third-order valence-electron chi connectivity index (χ3n) is 4.66. The fraction of sp³-hybridized carbons (Fsp3) is 0.182. The second-order valence-electron chi connectivity index (χ2n) is 7.12. The lowest BCUT2D eigenvalue weighted by molar-refractivity contribution is -0.0528. The van der Waals surface area contributed by atoms with Gasteiger partial charge in [0.05, 0.1) is 17.8 Å². The van der Waals surface area contributed by atoms with Gasteiger partial charge in [-0.1, -0.05) is 0 Å². The number of carbonyl (C=O) groups excluding carboxylic acids is 1. The minimum atomic E-state index is -3.01. The van der Waals surface area contributed by atoms with E-state index in [-0.39, 0.29) is 11.4 Å². The molecule has 0 aliphatic heterocycles. The van der Waals surface area contributed by atoms with Gasteiger partial charge < -0.3 is 15.4 Å². The third-order valence-corrected chi connectivity index (χ3v) is 5.59. The largest absolute Gasteiger partial charge is 0.417 e. The molecule has 1 aromatic carbocycles. The number of alkyl halides is 2. The van der Waals surface area contributed by atoms with Gasteiger partial charge in [-0.25, -0.2) is 19.3 Å². The number of carbonyl (C=O) groups is 1. The van der Waals surface area contributed by atoms with Crippen molar-refractivity contribution in [2.24, 2.45) is 0 Å². The fourth-order valence-corrected chi connectivity index (χ4v) is 3.97. The molecular weight excluding hydrogens is 455 g/mol. The Kier molecular flexibility index (Phi) is 6.40. The number of aromatic nitrogens is 3. The summed E-state index contributed by atoms with van der Waals surface area (Å²) in [6.45, 7) is 0.731. The molecule has 1 atom stereocenters. The molecule has 170 valence electrons. The molecule has 0 fully saturated rings. The smallest absolute Gasteiger partial charge is 0.388 e. The standard InChI is InChI=1S/C22H18F3N5O2S/c1-11-7-17-21(33-11)30-18(10-26-17)28-12(2)15-8-14(4-5-16(15)23)29-20(31)13-3-6-19(27-9-13)32-22(24)25/h3-10,12,22H,1-2H3,(H,28,30)(H,29,31)/t12-/m0/s1. The predicted molar refractivity (Wildman–Crippen MR) is 119 cm³/mol. The normalized spacial score (nSPS) is 12.1. The average molecular weight is 473 g/mol. The number of ether oxygens (including phenoxy) is 1. The zero-order chi connectivity index (χ0) is 23.5. The highest BCUT2D eigenvalue weighted by molar-refractivity contribution is 7.18. The van der Waals surface area contributed by atoms with E-state index in [0.717, 1.165) is 27.5 Å². The molecule has 0 bridgehead atoms. The van der Waals surface area contributed by atoms with E-state index in [9.17, 15) is 18.0 Å². The topological polar surface area (TPSA) is 89.0 Å². The van der Waals surface area contributed by atoms with Gasteiger partial charge in [0.25, 0.3) is 5.91 Å². The molecule has 0 spiro atoms. The van der Waals surface area contributed by atoms with Crippen LogP contribution >= 0.6 is 11.3 Å². The zero-order valence-corrected chi connectivity index (χ0v) is 18.3. The Labute approximate surface area is 190 Å². The number of hydrogen-bond donors (Lipinski definition) is 2. The molecule has 3 aromatic heterocycles. The van der Waals surface area contributed by atoms with E-state index in [1.807, 2.05) is 13.0 Å². The molecule has 3 heterocycles. The van der Waals surface area contributed by atoms with Crippen LogP contribution in [0.25, 0.3) is 10.3 Å². The number of halogens is 3. The molecule has 33 heavy (non-hydrogen) atoms. The average Bonchev–Trinajstić information content (AvgIpc) is 3.14. The van der Waals surface area contributed by atoms with E-state index >= 15 is 0 Å². The molecule has 0 radical (unpaired) electrons. The van der Waals surface area contributed by atoms with E-state index in [1.165, 1.54) is 35.6 Å². The summed E-state index contributed by atoms with van der Waals surface area (Å²) < 4.78 is 43.1. The van der Waals surface area contributed by atoms with Crippen LogP contribution in [0.3, 0.4) is 0 Å². The van der Waals surface area contributed by atoms with Crippen LogP contribution in [-0.4, -0.2) is 27.5 Å². The number of anilines is 2. The summed E-state index contributed by atoms with van der Waals surface area (Å²) in [5.74, 6) is -0.787. The summed E-state index contributed by atoms with van der Waals surface area (Å²) in [5, 5.41) is 5.77. The zero-order valence-electron chi connectivity index (χ0n) is 17.5. The maximum atomic E-state index is 14.5. The first-order chi connectivity index (χ1) is 15.8. The predicted octanol–water partition coefficient (Wildman–Crippen LogP) is 5.56. The maximum absolute atomic E-state index is 14.5. The number of nitrogens with one attached hydrogen (secondary N) is 2. The van der Waals surface area contributed by atoms with Crippen molar-refractivity contribution in [1.29, 1.82) is 0 Å². The van der Waals surface area contributed by atoms with Gasteiger partial charge in [-0.2, -0.15) is 8.78 Å². The maximum Gasteiger partial charge on any atom is 0.388 e. The van der Waals surface area contributed by atoms with Gasteiger partial charge in [0, 0.05) is 28.4 Å². The van der Waals surface area contributed by atoms with E-state index in [2.05, 4.69) is 30.3 Å². The van der Waals surface area contributed by atoms with Crippen molar-refractivity contribution in [1.82, 2.24) is 15.0 Å². The molecule has 0 saturated carbocycles. The lowest BCUT2D eigenvalue weighted by Crippen LogP contribution is -2.14. The molecule has 11 heteroatoms. The molecule has 0 saturated heterocycles. The molecule has 2 N–H and O–H groups in total. The van der Waals surface area contributed by atoms with Crippen LogP contribution in [0.5, 0.6) is 5.88 Å². The first kappa shape index (κ1) is 22.5. The number of fused-ring (bicyclic) bond motifs is 1. The summed E-state index contributed by atoms with van der Waals surface area (Å²) >= 11 is 1.52. The van der Waals surface area contributed by atoms with E-state index in [4.69, 9.17) is 0 Å². The summed E-state index contributed by atoms with van der Waals surface area (Å²) in [7, 11) is 0. The Balaban J connectivity index is 1.47. The molecule has 0 aliphatic rings. The molecule has 4 rings (SSSR count). The second-order valence-corrected chi connectivity index (χ2v) is 8.36. The van der Waals surface area contributed by atoms with Gasteiger partial charge in [0.1, 0.15) is 22.0 Å². The van der Waals surface area contributed by atoms with Crippen molar-refractivity contribution < 1.29 is 22.7 Å². The number of hydrogen-bond acceptors (Lipinski definition) is 7. The van der Waals surface area contributed by atoms with Crippen molar-refractivity contribution in [3.8, 4) is 5.88 Å².